The first-order valence-electron chi connectivity index (χ1n) is 33.1. The number of fused-ring (bicyclic) bond motifs is 1. The first kappa shape index (κ1) is 78.2. The van der Waals surface area contributed by atoms with Crippen LogP contribution in [0.4, 0.5) is 8.78 Å². The third kappa shape index (κ3) is 28.7. The number of amides is 6. The van der Waals surface area contributed by atoms with Crippen molar-refractivity contribution < 1.29 is 77.1 Å². The number of nitrogens with zero attached hydrogens (tertiary/aromatic N) is 10. The van der Waals surface area contributed by atoms with Crippen LogP contribution in [0.3, 0.4) is 0 Å². The Labute approximate surface area is 568 Å². The van der Waals surface area contributed by atoms with Gasteiger partial charge in [0, 0.05) is 141 Å². The Balaban J connectivity index is 0.933. The van der Waals surface area contributed by atoms with Gasteiger partial charge in [0.05, 0.1) is 68.8 Å². The van der Waals surface area contributed by atoms with E-state index in [1.54, 1.807) is 49.6 Å². The number of carboxylic acids is 3. The van der Waals surface area contributed by atoms with Crippen LogP contribution in [-0.4, -0.2) is 312 Å². The number of thioether (sulfide) groups is 1. The number of aryl methyl sites for hydroxylation is 2. The van der Waals surface area contributed by atoms with E-state index in [0.29, 0.717) is 99.7 Å². The van der Waals surface area contributed by atoms with Gasteiger partial charge in [-0.1, -0.05) is 29.8 Å². The quantitative estimate of drug-likeness (QED) is 0.0234. The minimum atomic E-state index is -3.05. The number of aliphatic hydroxyl groups excluding tert-OH is 1. The summed E-state index contributed by atoms with van der Waals surface area (Å²) in [6.07, 6.45) is 5.43. The molecule has 0 spiro atoms. The molecular formula is C66H96F2N14O14S. The molecule has 0 aliphatic carbocycles. The first-order valence-corrected chi connectivity index (χ1v) is 34.2. The molecule has 0 saturated carbocycles. The molecule has 0 radical (unpaired) electrons. The molecule has 3 aliphatic heterocycles. The lowest BCUT2D eigenvalue weighted by atomic mass is 10.1. The van der Waals surface area contributed by atoms with Crippen molar-refractivity contribution in [3.63, 3.8) is 0 Å². The van der Waals surface area contributed by atoms with Gasteiger partial charge >= 0.3 is 17.9 Å². The third-order valence-electron chi connectivity index (χ3n) is 16.8. The van der Waals surface area contributed by atoms with Crippen molar-refractivity contribution in [2.24, 2.45) is 9.98 Å². The van der Waals surface area contributed by atoms with E-state index in [1.807, 2.05) is 19.1 Å². The maximum absolute atomic E-state index is 14.1. The van der Waals surface area contributed by atoms with Crippen LogP contribution in [0.1, 0.15) is 79.8 Å². The number of carboxylic acid groups (broad SMARTS) is 3. The fraction of sp³-hybridized carbons (Fsp3) is 0.606. The van der Waals surface area contributed by atoms with Gasteiger partial charge in [-0.2, -0.15) is 11.8 Å². The Morgan fingerprint density at radius 1 is 0.753 bits per heavy atom. The van der Waals surface area contributed by atoms with Gasteiger partial charge in [0.15, 0.2) is 0 Å². The number of unbranched alkanes of at least 4 members (excludes halogenated alkanes) is 2. The highest BCUT2D eigenvalue weighted by Gasteiger charge is 2.46. The smallest absolute Gasteiger partial charge is 0.317 e. The van der Waals surface area contributed by atoms with E-state index in [9.17, 15) is 72.4 Å². The molecule has 2 aromatic carbocycles. The number of aliphatic imine (C=N–C) groups is 2. The molecule has 31 heteroatoms. The molecular weight excluding hydrogens is 1280 g/mol. The van der Waals surface area contributed by atoms with Crippen LogP contribution in [-0.2, 0) is 44.8 Å². The van der Waals surface area contributed by atoms with Crippen LogP contribution in [0.25, 0.3) is 10.9 Å². The average Bonchev–Trinajstić information content (AvgIpc) is 1.79. The van der Waals surface area contributed by atoms with E-state index < -0.39 is 91.1 Å². The standard InChI is InChI=1S/C66H96F2N14O14S/c1-47-12-14-49(15-13-47)9-8-11-57(84)74-48(2)70-19-5-4-10-55(75-58(85)41-77-23-25-78(42-60(87)88)27-29-80(44-62(91)92)30-28-79(26-24-77)43-61(89)90)64(94)72-21-36-97-45-56(83)65(95)81-33-31-76(32-34-81)22-6-7-35-96-51-16-17-54-53(37-51)52(18-20-71-54)63(93)73-40-59(86)82-46-66(67,68)38-50(82)39-69-3/h12-18,20,37,39,50,55-56,83H,4-11,19,21-36,38,40-46H2,1-3H3,(H,72,94)(H,73,93)(H,75,85)(H,87,88)(H,89,90)(H,91,92)(H,70,74,84)/b69-39+/t50-,55?,56?/m1/s1. The second-order valence-electron chi connectivity index (χ2n) is 24.6. The molecule has 3 aromatic rings. The molecule has 2 unspecified atom stereocenters. The number of halogens is 2. The largest absolute Gasteiger partial charge is 0.494 e. The Bertz CT molecular complexity index is 3130. The second-order valence-corrected chi connectivity index (χ2v) is 25.8. The molecule has 4 heterocycles. The Morgan fingerprint density at radius 2 is 1.37 bits per heavy atom. The number of piperazine rings is 1. The summed E-state index contributed by atoms with van der Waals surface area (Å²) in [4.78, 5) is 140. The number of carbonyl (C=O) groups excluding carboxylic acids is 6. The van der Waals surface area contributed by atoms with E-state index in [4.69, 9.17) is 4.74 Å². The van der Waals surface area contributed by atoms with Crippen LogP contribution in [0, 0.1) is 6.92 Å². The van der Waals surface area contributed by atoms with Crippen LogP contribution in [0.2, 0.25) is 0 Å². The van der Waals surface area contributed by atoms with Gasteiger partial charge in [-0.3, -0.25) is 82.6 Å². The molecule has 28 nitrogen and oxygen atoms in total. The molecule has 3 saturated heterocycles. The van der Waals surface area contributed by atoms with Gasteiger partial charge in [0.2, 0.25) is 23.6 Å². The summed E-state index contributed by atoms with van der Waals surface area (Å²) in [5.41, 5.74) is 3.08. The Hall–Kier alpha value is -7.81. The van der Waals surface area contributed by atoms with Crippen molar-refractivity contribution in [1.82, 2.24) is 60.6 Å². The fourth-order valence-electron chi connectivity index (χ4n) is 11.6. The van der Waals surface area contributed by atoms with Crippen LogP contribution in [0.15, 0.2) is 64.7 Å². The number of carbonyl (C=O) groups is 9. The van der Waals surface area contributed by atoms with Crippen molar-refractivity contribution in [3.05, 3.63) is 71.4 Å². The van der Waals surface area contributed by atoms with Crippen molar-refractivity contribution in [3.8, 4) is 5.75 Å². The summed E-state index contributed by atoms with van der Waals surface area (Å²) in [5, 5.41) is 51.5. The number of hydrogen-bond acceptors (Lipinski definition) is 20. The minimum Gasteiger partial charge on any atom is -0.494 e. The van der Waals surface area contributed by atoms with Crippen LogP contribution < -0.4 is 26.0 Å². The molecule has 3 aliphatic rings. The summed E-state index contributed by atoms with van der Waals surface area (Å²) in [6, 6.07) is 13.0. The van der Waals surface area contributed by atoms with Crippen molar-refractivity contribution in [2.75, 3.05) is 163 Å². The topological polar surface area (TPSA) is 352 Å². The number of aliphatic carboxylic acids is 3. The number of aromatic nitrogens is 1. The number of likely N-dealkylation sites (tertiary alicyclic amines) is 1. The monoisotopic (exact) mass is 1380 g/mol. The maximum Gasteiger partial charge on any atom is 0.317 e. The average molecular weight is 1380 g/mol. The molecule has 1 aromatic heterocycles. The summed E-state index contributed by atoms with van der Waals surface area (Å²) in [7, 11) is 1.44. The molecule has 3 atom stereocenters. The second kappa shape index (κ2) is 40.8. The molecule has 97 heavy (non-hydrogen) atoms. The van der Waals surface area contributed by atoms with E-state index >= 15 is 0 Å². The molecule has 8 N–H and O–H groups in total. The predicted molar refractivity (Wildman–Crippen MR) is 362 cm³/mol. The zero-order chi connectivity index (χ0) is 70.3. The lowest BCUT2D eigenvalue weighted by Crippen LogP contribution is -2.52. The van der Waals surface area contributed by atoms with Gasteiger partial charge in [0.1, 0.15) is 17.9 Å². The molecule has 534 valence electrons. The van der Waals surface area contributed by atoms with Gasteiger partial charge in [-0.25, -0.2) is 8.78 Å². The van der Waals surface area contributed by atoms with E-state index in [0.717, 1.165) is 29.8 Å². The minimum absolute atomic E-state index is 0.0803. The summed E-state index contributed by atoms with van der Waals surface area (Å²) in [6.45, 7) is 6.61. The number of pyridine rings is 1. The number of aliphatic hydroxyl groups is 1. The predicted octanol–water partition coefficient (Wildman–Crippen LogP) is 1.41. The van der Waals surface area contributed by atoms with E-state index in [2.05, 4.69) is 53.3 Å². The van der Waals surface area contributed by atoms with Crippen molar-refractivity contribution >= 4 is 88.1 Å². The summed E-state index contributed by atoms with van der Waals surface area (Å²) in [5.74, 6) is -7.63. The van der Waals surface area contributed by atoms with Gasteiger partial charge in [-0.15, -0.1) is 0 Å². The highest BCUT2D eigenvalue weighted by Crippen LogP contribution is 2.31. The molecule has 6 rings (SSSR count). The third-order valence-corrected chi connectivity index (χ3v) is 17.9. The molecule has 3 fully saturated rings. The van der Waals surface area contributed by atoms with Crippen LogP contribution >= 0.6 is 11.8 Å². The normalized spacial score (nSPS) is 18.0. The van der Waals surface area contributed by atoms with E-state index in [1.165, 1.54) is 42.9 Å². The molecule has 6 amide bonds. The number of alkyl halides is 2. The van der Waals surface area contributed by atoms with Crippen molar-refractivity contribution in [1.29, 1.82) is 0 Å². The SMILES string of the molecule is C/N=C/[C@H]1CC(F)(F)CN1C(=O)CNC(=O)c1ccnc2ccc(OCCCCN3CCN(C(=O)C(O)CSCCNC(=O)C(CCCC/N=C(\C)NC(=O)CCCc4ccc(C)cc4)NC(=O)CN4CCN(CC(=O)O)CCN(CC(=O)O)CCN(CC(=O)O)CC4)CC3)cc12. The number of nitrogens with one attached hydrogen (secondary N) is 4. The highest BCUT2D eigenvalue weighted by molar-refractivity contribution is 7.99. The fourth-order valence-corrected chi connectivity index (χ4v) is 12.4. The Morgan fingerprint density at radius 3 is 1.99 bits per heavy atom. The lowest BCUT2D eigenvalue weighted by molar-refractivity contribution is -0.141. The number of amidine groups is 1. The molecule has 0 bridgehead atoms. The zero-order valence-electron chi connectivity index (χ0n) is 55.8. The van der Waals surface area contributed by atoms with E-state index in [-0.39, 0.29) is 109 Å². The highest BCUT2D eigenvalue weighted by atomic mass is 32.2. The Kier molecular flexibility index (Phi) is 32.9. The summed E-state index contributed by atoms with van der Waals surface area (Å²) < 4.78 is 34.3. The number of ether oxygens (including phenoxy) is 1. The summed E-state index contributed by atoms with van der Waals surface area (Å²) >= 11 is 1.28. The van der Waals surface area contributed by atoms with Gasteiger partial charge < -0.3 is 56.2 Å². The van der Waals surface area contributed by atoms with Gasteiger partial charge in [0.25, 0.3) is 17.7 Å². The number of benzene rings is 2. The first-order chi connectivity index (χ1) is 46.4. The van der Waals surface area contributed by atoms with Gasteiger partial charge in [-0.05, 0) is 95.2 Å². The maximum atomic E-state index is 14.1. The number of hydrogen-bond donors (Lipinski definition) is 8. The zero-order valence-corrected chi connectivity index (χ0v) is 56.7. The lowest BCUT2D eigenvalue weighted by Gasteiger charge is -2.35. The van der Waals surface area contributed by atoms with Crippen molar-refractivity contribution in [2.45, 2.75) is 95.7 Å². The number of rotatable bonds is 35. The van der Waals surface area contributed by atoms with Crippen LogP contribution in [0.5, 0.6) is 5.75 Å².